The van der Waals surface area contributed by atoms with Crippen molar-refractivity contribution in [3.8, 4) is 0 Å². The first-order valence-electron chi connectivity index (χ1n) is 6.30. The smallest absolute Gasteiger partial charge is 0.134 e. The van der Waals surface area contributed by atoms with Crippen LogP contribution in [0.2, 0.25) is 0 Å². The molecule has 5 nitrogen and oxygen atoms in total. The fraction of sp³-hybridized carbons (Fsp3) is 0.667. The molecule has 0 aliphatic rings. The van der Waals surface area contributed by atoms with Crippen molar-refractivity contribution in [2.75, 3.05) is 29.1 Å². The van der Waals surface area contributed by atoms with Crippen LogP contribution in [0.4, 0.5) is 11.6 Å². The van der Waals surface area contributed by atoms with E-state index in [0.29, 0.717) is 23.9 Å². The molecule has 6 heteroatoms. The molecular weight excluding hydrogens is 248 g/mol. The minimum atomic E-state index is -0.759. The Bertz CT molecular complexity index is 423. The molecular formula is C12H22N4OS. The van der Waals surface area contributed by atoms with E-state index in [1.54, 1.807) is 0 Å². The maximum absolute atomic E-state index is 11.3. The Morgan fingerprint density at radius 2 is 2.06 bits per heavy atom. The molecule has 1 heterocycles. The summed E-state index contributed by atoms with van der Waals surface area (Å²) >= 11 is 0. The van der Waals surface area contributed by atoms with Gasteiger partial charge in [-0.05, 0) is 13.3 Å². The van der Waals surface area contributed by atoms with Crippen LogP contribution in [-0.4, -0.2) is 32.2 Å². The lowest BCUT2D eigenvalue weighted by Gasteiger charge is -2.11. The van der Waals surface area contributed by atoms with Crippen LogP contribution in [0.1, 0.15) is 31.7 Å². The van der Waals surface area contributed by atoms with Crippen molar-refractivity contribution in [1.29, 1.82) is 0 Å². The summed E-state index contributed by atoms with van der Waals surface area (Å²) < 4.78 is 11.3. The number of rotatable bonds is 7. The number of nitrogens with one attached hydrogen (secondary N) is 1. The second-order valence-electron chi connectivity index (χ2n) is 4.11. The zero-order valence-electron chi connectivity index (χ0n) is 11.3. The minimum absolute atomic E-state index is 0.521. The molecule has 1 rings (SSSR count). The highest BCUT2D eigenvalue weighted by atomic mass is 32.2. The fourth-order valence-electron chi connectivity index (χ4n) is 1.52. The molecule has 0 amide bonds. The molecule has 0 aliphatic heterocycles. The van der Waals surface area contributed by atoms with Crippen molar-refractivity contribution in [3.63, 3.8) is 0 Å². The normalized spacial score (nSPS) is 12.4. The second kappa shape index (κ2) is 7.31. The highest BCUT2D eigenvalue weighted by Crippen LogP contribution is 2.17. The molecule has 0 spiro atoms. The summed E-state index contributed by atoms with van der Waals surface area (Å²) in [7, 11) is -0.759. The first kappa shape index (κ1) is 14.9. The van der Waals surface area contributed by atoms with Gasteiger partial charge in [-0.25, -0.2) is 9.97 Å². The summed E-state index contributed by atoms with van der Waals surface area (Å²) in [6, 6.07) is 0. The van der Waals surface area contributed by atoms with E-state index in [4.69, 9.17) is 5.73 Å². The van der Waals surface area contributed by atoms with Gasteiger partial charge in [-0.15, -0.1) is 0 Å². The Hall–Kier alpha value is -1.17. The van der Waals surface area contributed by atoms with E-state index < -0.39 is 10.8 Å². The summed E-state index contributed by atoms with van der Waals surface area (Å²) in [5, 5.41) is 3.19. The predicted octanol–water partition coefficient (Wildman–Crippen LogP) is 1.50. The van der Waals surface area contributed by atoms with Crippen LogP contribution in [0.25, 0.3) is 0 Å². The molecule has 102 valence electrons. The summed E-state index contributed by atoms with van der Waals surface area (Å²) in [4.78, 5) is 8.69. The van der Waals surface area contributed by atoms with E-state index >= 15 is 0 Å². The Morgan fingerprint density at radius 1 is 1.33 bits per heavy atom. The standard InChI is InChI=1S/C12H22N4OS/c1-4-6-10-15-11(13)9(3)12(16-10)14-7-8-18(17)5-2/h4-8H2,1-3H3,(H3,13,14,15,16). The van der Waals surface area contributed by atoms with Gasteiger partial charge in [0, 0.05) is 40.8 Å². The third-order valence-corrected chi connectivity index (χ3v) is 3.95. The van der Waals surface area contributed by atoms with Crippen LogP contribution in [0.15, 0.2) is 0 Å². The van der Waals surface area contributed by atoms with Gasteiger partial charge in [0.2, 0.25) is 0 Å². The van der Waals surface area contributed by atoms with Gasteiger partial charge in [-0.1, -0.05) is 13.8 Å². The lowest BCUT2D eigenvalue weighted by atomic mass is 10.2. The Morgan fingerprint density at radius 3 is 2.67 bits per heavy atom. The molecule has 1 atom stereocenters. The second-order valence-corrected chi connectivity index (χ2v) is 5.97. The summed E-state index contributed by atoms with van der Waals surface area (Å²) in [6.45, 7) is 6.54. The van der Waals surface area contributed by atoms with E-state index in [0.717, 1.165) is 30.0 Å². The van der Waals surface area contributed by atoms with Crippen molar-refractivity contribution in [3.05, 3.63) is 11.4 Å². The lowest BCUT2D eigenvalue weighted by Crippen LogP contribution is -2.15. The lowest BCUT2D eigenvalue weighted by molar-refractivity contribution is 0.684. The van der Waals surface area contributed by atoms with Gasteiger partial charge in [0.05, 0.1) is 0 Å². The molecule has 0 saturated heterocycles. The molecule has 3 N–H and O–H groups in total. The van der Waals surface area contributed by atoms with Crippen molar-refractivity contribution < 1.29 is 4.21 Å². The monoisotopic (exact) mass is 270 g/mol. The summed E-state index contributed by atoms with van der Waals surface area (Å²) in [6.07, 6.45) is 1.81. The zero-order valence-corrected chi connectivity index (χ0v) is 12.1. The van der Waals surface area contributed by atoms with Crippen molar-refractivity contribution >= 4 is 22.4 Å². The van der Waals surface area contributed by atoms with Crippen LogP contribution in [0.5, 0.6) is 0 Å². The number of nitrogens with zero attached hydrogens (tertiary/aromatic N) is 2. The fourth-order valence-corrected chi connectivity index (χ4v) is 2.14. The van der Waals surface area contributed by atoms with Gasteiger partial charge in [0.25, 0.3) is 0 Å². The average molecular weight is 270 g/mol. The largest absolute Gasteiger partial charge is 0.383 e. The molecule has 18 heavy (non-hydrogen) atoms. The van der Waals surface area contributed by atoms with Crippen molar-refractivity contribution in [1.82, 2.24) is 9.97 Å². The number of nitrogens with two attached hydrogens (primary N) is 1. The van der Waals surface area contributed by atoms with Gasteiger partial charge < -0.3 is 11.1 Å². The third-order valence-electron chi connectivity index (χ3n) is 2.65. The summed E-state index contributed by atoms with van der Waals surface area (Å²) in [5.74, 6) is 3.36. The quantitative estimate of drug-likeness (QED) is 0.784. The molecule has 0 radical (unpaired) electrons. The molecule has 0 fully saturated rings. The van der Waals surface area contributed by atoms with E-state index in [-0.39, 0.29) is 0 Å². The summed E-state index contributed by atoms with van der Waals surface area (Å²) in [5.41, 5.74) is 6.72. The van der Waals surface area contributed by atoms with Crippen LogP contribution >= 0.6 is 0 Å². The van der Waals surface area contributed by atoms with Gasteiger partial charge in [0.1, 0.15) is 17.5 Å². The van der Waals surface area contributed by atoms with Crippen LogP contribution < -0.4 is 11.1 Å². The number of aryl methyl sites for hydroxylation is 1. The predicted molar refractivity (Wildman–Crippen MR) is 77.2 cm³/mol. The Balaban J connectivity index is 2.71. The van der Waals surface area contributed by atoms with Gasteiger partial charge in [-0.2, -0.15) is 0 Å². The highest BCUT2D eigenvalue weighted by Gasteiger charge is 2.08. The number of anilines is 2. The van der Waals surface area contributed by atoms with Crippen molar-refractivity contribution in [2.24, 2.45) is 0 Å². The van der Waals surface area contributed by atoms with E-state index in [2.05, 4.69) is 22.2 Å². The van der Waals surface area contributed by atoms with Crippen LogP contribution in [-0.2, 0) is 17.2 Å². The number of nitrogen functional groups attached to an aromatic ring is 1. The molecule has 1 aromatic rings. The topological polar surface area (TPSA) is 80.9 Å². The molecule has 1 unspecified atom stereocenters. The van der Waals surface area contributed by atoms with Crippen LogP contribution in [0, 0.1) is 6.92 Å². The van der Waals surface area contributed by atoms with Gasteiger partial charge >= 0.3 is 0 Å². The molecule has 0 aromatic carbocycles. The van der Waals surface area contributed by atoms with E-state index in [9.17, 15) is 4.21 Å². The first-order chi connectivity index (χ1) is 8.58. The first-order valence-corrected chi connectivity index (χ1v) is 7.79. The van der Waals surface area contributed by atoms with E-state index in [1.165, 1.54) is 0 Å². The molecule has 0 bridgehead atoms. The minimum Gasteiger partial charge on any atom is -0.383 e. The van der Waals surface area contributed by atoms with E-state index in [1.807, 2.05) is 13.8 Å². The third kappa shape index (κ3) is 4.25. The Kier molecular flexibility index (Phi) is 6.04. The van der Waals surface area contributed by atoms with Gasteiger partial charge in [0.15, 0.2) is 0 Å². The SMILES string of the molecule is CCCc1nc(N)c(C)c(NCCS(=O)CC)n1. The van der Waals surface area contributed by atoms with Crippen molar-refractivity contribution in [2.45, 2.75) is 33.6 Å². The highest BCUT2D eigenvalue weighted by molar-refractivity contribution is 7.84. The maximum Gasteiger partial charge on any atom is 0.134 e. The molecule has 0 aliphatic carbocycles. The molecule has 0 saturated carbocycles. The number of aromatic nitrogens is 2. The number of hydrogen-bond donors (Lipinski definition) is 2. The zero-order chi connectivity index (χ0) is 13.5. The average Bonchev–Trinajstić information content (AvgIpc) is 2.35. The number of hydrogen-bond acceptors (Lipinski definition) is 5. The Labute approximate surface area is 111 Å². The van der Waals surface area contributed by atoms with Gasteiger partial charge in [-0.3, -0.25) is 4.21 Å². The molecule has 1 aromatic heterocycles. The van der Waals surface area contributed by atoms with Crippen LogP contribution in [0.3, 0.4) is 0 Å². The maximum atomic E-state index is 11.3.